The van der Waals surface area contributed by atoms with Gasteiger partial charge in [0.15, 0.2) is 0 Å². The molecule has 2 N–H and O–H groups in total. The van der Waals surface area contributed by atoms with Crippen molar-refractivity contribution in [2.75, 3.05) is 7.05 Å². The van der Waals surface area contributed by atoms with Crippen LogP contribution in [-0.2, 0) is 0 Å². The fourth-order valence-electron chi connectivity index (χ4n) is 2.94. The third-order valence-electron chi connectivity index (χ3n) is 4.39. The average Bonchev–Trinajstić information content (AvgIpc) is 3.22. The van der Waals surface area contributed by atoms with Gasteiger partial charge in [-0.2, -0.15) is 0 Å². The van der Waals surface area contributed by atoms with Gasteiger partial charge in [-0.1, -0.05) is 18.2 Å². The maximum atomic E-state index is 12.0. The van der Waals surface area contributed by atoms with Gasteiger partial charge in [0, 0.05) is 37.0 Å². The van der Waals surface area contributed by atoms with E-state index in [0.717, 1.165) is 5.39 Å². The van der Waals surface area contributed by atoms with Crippen LogP contribution in [-0.4, -0.2) is 34.8 Å². The van der Waals surface area contributed by atoms with Crippen molar-refractivity contribution in [3.63, 3.8) is 0 Å². The van der Waals surface area contributed by atoms with Crippen molar-refractivity contribution in [3.8, 4) is 23.1 Å². The number of hydrogen-bond donors (Lipinski definition) is 2. The molecule has 166 valence electrons. The van der Waals surface area contributed by atoms with Crippen molar-refractivity contribution in [3.05, 3.63) is 79.1 Å². The molecule has 3 amide bonds. The Morgan fingerprint density at radius 3 is 2.39 bits per heavy atom. The summed E-state index contributed by atoms with van der Waals surface area (Å²) < 4.78 is 17.3. The van der Waals surface area contributed by atoms with Crippen LogP contribution in [0.1, 0.15) is 0 Å². The van der Waals surface area contributed by atoms with Gasteiger partial charge >= 0.3 is 18.2 Å². The van der Waals surface area contributed by atoms with Gasteiger partial charge in [-0.05, 0) is 36.4 Å². The van der Waals surface area contributed by atoms with E-state index in [9.17, 15) is 14.4 Å². The number of hydrogen-bond acceptors (Lipinski definition) is 7. The number of para-hydroxylation sites is 1. The van der Waals surface area contributed by atoms with Crippen LogP contribution in [0.15, 0.2) is 79.1 Å². The highest BCUT2D eigenvalue weighted by Gasteiger charge is 2.14. The quantitative estimate of drug-likeness (QED) is 0.479. The third kappa shape index (κ3) is 5.25. The minimum atomic E-state index is -1.06. The number of imide groups is 1. The number of fused-ring (bicyclic) bond motifs is 1. The Morgan fingerprint density at radius 2 is 1.61 bits per heavy atom. The Labute approximate surface area is 187 Å². The number of nitrogens with one attached hydrogen (secondary N) is 2. The zero-order valence-electron chi connectivity index (χ0n) is 17.3. The van der Waals surface area contributed by atoms with Crippen LogP contribution in [0, 0.1) is 0 Å². The number of carbonyl (C=O) groups is 3. The molecule has 0 unspecified atom stereocenters. The van der Waals surface area contributed by atoms with E-state index in [2.05, 4.69) is 10.3 Å². The SMILES string of the molecule is CNC(=O)n1ccc2ccc(Oc3ccnc(OC(=O)NC(=O)Oc4ccccc4)c3)cc21. The van der Waals surface area contributed by atoms with Crippen LogP contribution >= 0.6 is 0 Å². The van der Waals surface area contributed by atoms with Crippen LogP contribution in [0.25, 0.3) is 10.9 Å². The van der Waals surface area contributed by atoms with Crippen LogP contribution in [0.3, 0.4) is 0 Å². The van der Waals surface area contributed by atoms with E-state index in [-0.39, 0.29) is 17.7 Å². The van der Waals surface area contributed by atoms with E-state index in [4.69, 9.17) is 14.2 Å². The Hall–Kier alpha value is -4.86. The van der Waals surface area contributed by atoms with Crippen molar-refractivity contribution < 1.29 is 28.6 Å². The lowest BCUT2D eigenvalue weighted by Crippen LogP contribution is -2.35. The molecule has 0 bridgehead atoms. The maximum Gasteiger partial charge on any atom is 0.423 e. The van der Waals surface area contributed by atoms with Crippen LogP contribution in [0.4, 0.5) is 14.4 Å². The molecule has 0 saturated heterocycles. The summed E-state index contributed by atoms with van der Waals surface area (Å²) in [5.41, 5.74) is 0.661. The number of pyridine rings is 1. The fourth-order valence-corrected chi connectivity index (χ4v) is 2.94. The molecule has 0 saturated carbocycles. The van der Waals surface area contributed by atoms with Gasteiger partial charge in [0.1, 0.15) is 17.2 Å². The van der Waals surface area contributed by atoms with E-state index in [1.54, 1.807) is 61.8 Å². The monoisotopic (exact) mass is 446 g/mol. The van der Waals surface area contributed by atoms with E-state index < -0.39 is 12.2 Å². The first-order valence-electron chi connectivity index (χ1n) is 9.74. The number of carbonyl (C=O) groups excluding carboxylic acids is 3. The first-order valence-corrected chi connectivity index (χ1v) is 9.74. The summed E-state index contributed by atoms with van der Waals surface area (Å²) in [5, 5.41) is 5.38. The second kappa shape index (κ2) is 9.52. The summed E-state index contributed by atoms with van der Waals surface area (Å²) >= 11 is 0. The van der Waals surface area contributed by atoms with Crippen LogP contribution in [0.2, 0.25) is 0 Å². The van der Waals surface area contributed by atoms with E-state index in [0.29, 0.717) is 17.0 Å². The first-order chi connectivity index (χ1) is 16.0. The summed E-state index contributed by atoms with van der Waals surface area (Å²) in [6.07, 6.45) is 0.982. The molecule has 4 rings (SSSR count). The maximum absolute atomic E-state index is 12.0. The molecule has 0 spiro atoms. The van der Waals surface area contributed by atoms with Crippen LogP contribution in [0.5, 0.6) is 23.1 Å². The molecule has 0 aliphatic heterocycles. The van der Waals surface area contributed by atoms with Gasteiger partial charge in [0.2, 0.25) is 5.88 Å². The molecule has 2 aromatic carbocycles. The predicted octanol–water partition coefficient (Wildman–Crippen LogP) is 4.30. The molecule has 10 heteroatoms. The molecule has 0 aliphatic carbocycles. The highest BCUT2D eigenvalue weighted by molar-refractivity contribution is 5.92. The van der Waals surface area contributed by atoms with Crippen molar-refractivity contribution in [1.82, 2.24) is 20.2 Å². The second-order valence-corrected chi connectivity index (χ2v) is 6.61. The van der Waals surface area contributed by atoms with Crippen molar-refractivity contribution in [2.24, 2.45) is 0 Å². The molecule has 2 heterocycles. The number of benzene rings is 2. The fraction of sp³-hybridized carbons (Fsp3) is 0.0435. The van der Waals surface area contributed by atoms with Gasteiger partial charge < -0.3 is 19.5 Å². The zero-order chi connectivity index (χ0) is 23.2. The van der Waals surface area contributed by atoms with Crippen molar-refractivity contribution >= 4 is 29.1 Å². The lowest BCUT2D eigenvalue weighted by Gasteiger charge is -2.09. The molecule has 10 nitrogen and oxygen atoms in total. The predicted molar refractivity (Wildman–Crippen MR) is 118 cm³/mol. The van der Waals surface area contributed by atoms with E-state index in [1.807, 2.05) is 17.4 Å². The van der Waals surface area contributed by atoms with Gasteiger partial charge in [0.25, 0.3) is 0 Å². The number of ether oxygens (including phenoxy) is 3. The summed E-state index contributed by atoms with van der Waals surface area (Å²) in [7, 11) is 1.55. The Morgan fingerprint density at radius 1 is 0.848 bits per heavy atom. The molecular formula is C23H18N4O6. The van der Waals surface area contributed by atoms with Crippen molar-refractivity contribution in [1.29, 1.82) is 0 Å². The first kappa shape index (κ1) is 21.4. The molecule has 0 aliphatic rings. The second-order valence-electron chi connectivity index (χ2n) is 6.61. The normalized spacial score (nSPS) is 10.3. The smallest absolute Gasteiger partial charge is 0.423 e. The number of nitrogens with zero attached hydrogens (tertiary/aromatic N) is 2. The number of amides is 3. The Bertz CT molecular complexity index is 1320. The summed E-state index contributed by atoms with van der Waals surface area (Å²) in [6, 6.07) is 18.0. The largest absolute Gasteiger partial charge is 0.457 e. The van der Waals surface area contributed by atoms with Crippen LogP contribution < -0.4 is 24.8 Å². The van der Waals surface area contributed by atoms with E-state index in [1.165, 1.54) is 16.8 Å². The molecule has 33 heavy (non-hydrogen) atoms. The lowest BCUT2D eigenvalue weighted by atomic mass is 10.2. The number of rotatable bonds is 4. The average molecular weight is 446 g/mol. The van der Waals surface area contributed by atoms with Gasteiger partial charge in [-0.3, -0.25) is 4.57 Å². The highest BCUT2D eigenvalue weighted by Crippen LogP contribution is 2.27. The van der Waals surface area contributed by atoms with E-state index >= 15 is 0 Å². The standard InChI is InChI=1S/C23H18N4O6/c1-24-21(28)27-12-10-15-7-8-17(13-19(15)27)31-18-9-11-25-20(14-18)33-23(30)26-22(29)32-16-5-3-2-4-6-16/h2-14H,1H3,(H,24,28)(H,26,29,30). The molecule has 4 aromatic rings. The highest BCUT2D eigenvalue weighted by atomic mass is 16.6. The Kier molecular flexibility index (Phi) is 6.17. The van der Waals surface area contributed by atoms with Crippen molar-refractivity contribution in [2.45, 2.75) is 0 Å². The minimum Gasteiger partial charge on any atom is -0.457 e. The zero-order valence-corrected chi connectivity index (χ0v) is 17.3. The molecule has 0 radical (unpaired) electrons. The summed E-state index contributed by atoms with van der Waals surface area (Å²) in [5.74, 6) is 0.972. The van der Waals surface area contributed by atoms with Gasteiger partial charge in [0.05, 0.1) is 5.52 Å². The van der Waals surface area contributed by atoms with Gasteiger partial charge in [-0.15, -0.1) is 0 Å². The minimum absolute atomic E-state index is 0.0904. The van der Waals surface area contributed by atoms with Gasteiger partial charge in [-0.25, -0.2) is 24.7 Å². The summed E-state index contributed by atoms with van der Waals surface area (Å²) in [6.45, 7) is 0. The Balaban J connectivity index is 1.41. The molecular weight excluding hydrogens is 428 g/mol. The third-order valence-corrected chi connectivity index (χ3v) is 4.39. The molecule has 0 fully saturated rings. The molecule has 0 atom stereocenters. The molecule has 2 aromatic heterocycles. The summed E-state index contributed by atoms with van der Waals surface area (Å²) in [4.78, 5) is 39.7. The lowest BCUT2D eigenvalue weighted by molar-refractivity contribution is 0.180. The number of aromatic nitrogens is 2. The topological polar surface area (TPSA) is 121 Å².